The summed E-state index contributed by atoms with van der Waals surface area (Å²) in [5, 5.41) is 7.55. The first-order valence-corrected chi connectivity index (χ1v) is 19.5. The summed E-state index contributed by atoms with van der Waals surface area (Å²) in [6, 6.07) is 14.8. The van der Waals surface area contributed by atoms with Gasteiger partial charge >= 0.3 is 0 Å². The Labute approximate surface area is 313 Å². The summed E-state index contributed by atoms with van der Waals surface area (Å²) in [4.78, 5) is 48.6. The van der Waals surface area contributed by atoms with E-state index in [9.17, 15) is 14.4 Å². The average molecular weight is 722 g/mol. The fraction of sp³-hybridized carbons (Fsp3) is 0.535. The SMILES string of the molecule is C=C[C@@H]1C[C@]1(NC(=O)[C@@H]1CC2CN1C(=O)[C@H](C1CCCCC1)NCCC(C)(C)CCCc1cc3c(cc(-c4ccccc4)nc3cc1OC)O2)C(N)=O. The molecule has 1 aromatic heterocycles. The third kappa shape index (κ3) is 7.66. The number of aromatic nitrogens is 1. The van der Waals surface area contributed by atoms with E-state index in [2.05, 4.69) is 37.1 Å². The van der Waals surface area contributed by atoms with Gasteiger partial charge in [-0.1, -0.05) is 69.5 Å². The number of benzene rings is 2. The second kappa shape index (κ2) is 15.1. The number of pyridine rings is 1. The minimum atomic E-state index is -1.19. The van der Waals surface area contributed by atoms with Crippen molar-refractivity contribution in [2.24, 2.45) is 23.0 Å². The van der Waals surface area contributed by atoms with Gasteiger partial charge in [-0.2, -0.15) is 0 Å². The predicted octanol–water partition coefficient (Wildman–Crippen LogP) is 6.10. The quantitative estimate of drug-likeness (QED) is 0.251. The number of amides is 3. The van der Waals surface area contributed by atoms with Crippen molar-refractivity contribution in [3.8, 4) is 22.8 Å². The normalized spacial score (nSPS) is 27.8. The van der Waals surface area contributed by atoms with E-state index in [1.54, 1.807) is 18.1 Å². The first kappa shape index (κ1) is 36.9. The number of nitrogens with two attached hydrogens (primary N) is 1. The molecule has 282 valence electrons. The van der Waals surface area contributed by atoms with E-state index < -0.39 is 29.6 Å². The molecule has 10 heteroatoms. The molecule has 10 nitrogen and oxygen atoms in total. The van der Waals surface area contributed by atoms with Crippen LogP contribution in [0.5, 0.6) is 11.5 Å². The van der Waals surface area contributed by atoms with Gasteiger partial charge < -0.3 is 30.7 Å². The molecule has 1 unspecified atom stereocenters. The van der Waals surface area contributed by atoms with E-state index in [1.165, 1.54) is 6.42 Å². The molecule has 1 saturated heterocycles. The van der Waals surface area contributed by atoms with Crippen molar-refractivity contribution >= 4 is 28.6 Å². The van der Waals surface area contributed by atoms with Gasteiger partial charge in [0.1, 0.15) is 29.2 Å². The van der Waals surface area contributed by atoms with Crippen LogP contribution < -0.4 is 25.8 Å². The van der Waals surface area contributed by atoms with E-state index in [0.29, 0.717) is 18.7 Å². The van der Waals surface area contributed by atoms with Crippen molar-refractivity contribution in [3.05, 3.63) is 66.7 Å². The molecule has 3 aromatic rings. The van der Waals surface area contributed by atoms with Crippen LogP contribution in [-0.4, -0.2) is 71.5 Å². The van der Waals surface area contributed by atoms with Gasteiger partial charge in [0.05, 0.1) is 30.9 Å². The van der Waals surface area contributed by atoms with Crippen molar-refractivity contribution < 1.29 is 23.9 Å². The molecule has 0 radical (unpaired) electrons. The minimum absolute atomic E-state index is 0.0435. The van der Waals surface area contributed by atoms with E-state index >= 15 is 0 Å². The van der Waals surface area contributed by atoms with Gasteiger partial charge in [-0.05, 0) is 74.5 Å². The van der Waals surface area contributed by atoms with E-state index in [4.69, 9.17) is 20.2 Å². The van der Waals surface area contributed by atoms with Gasteiger partial charge in [-0.3, -0.25) is 14.4 Å². The Bertz CT molecular complexity index is 1860. The van der Waals surface area contributed by atoms with Crippen LogP contribution in [0.2, 0.25) is 0 Å². The second-order valence-corrected chi connectivity index (χ2v) is 16.5. The summed E-state index contributed by atoms with van der Waals surface area (Å²) in [5.74, 6) is 0.319. The Hall–Kier alpha value is -4.44. The first-order chi connectivity index (χ1) is 25.5. The molecule has 4 aliphatic rings. The Morgan fingerprint density at radius 2 is 1.87 bits per heavy atom. The van der Waals surface area contributed by atoms with Crippen molar-refractivity contribution in [2.75, 3.05) is 20.2 Å². The molecule has 3 amide bonds. The van der Waals surface area contributed by atoms with Crippen LogP contribution in [0.3, 0.4) is 0 Å². The highest BCUT2D eigenvalue weighted by Crippen LogP contribution is 2.45. The molecule has 4 N–H and O–H groups in total. The third-order valence-corrected chi connectivity index (χ3v) is 12.3. The molecular formula is C43H55N5O5. The summed E-state index contributed by atoms with van der Waals surface area (Å²) < 4.78 is 12.9. The number of aryl methyl sites for hydroxylation is 1. The summed E-state index contributed by atoms with van der Waals surface area (Å²) in [6.45, 7) is 9.37. The van der Waals surface area contributed by atoms with Gasteiger partial charge in [0.2, 0.25) is 17.7 Å². The molecule has 3 heterocycles. The number of nitrogens with zero attached hydrogens (tertiary/aromatic N) is 2. The van der Waals surface area contributed by atoms with Gasteiger partial charge in [-0.25, -0.2) is 4.98 Å². The third-order valence-electron chi connectivity index (χ3n) is 12.3. The molecule has 5 atom stereocenters. The number of nitrogens with one attached hydrogen (secondary N) is 2. The van der Waals surface area contributed by atoms with Gasteiger partial charge in [0, 0.05) is 35.4 Å². The van der Waals surface area contributed by atoms with Crippen LogP contribution in [0.15, 0.2) is 61.2 Å². The minimum Gasteiger partial charge on any atom is -0.496 e. The average Bonchev–Trinajstić information content (AvgIpc) is 3.72. The zero-order valence-corrected chi connectivity index (χ0v) is 31.5. The van der Waals surface area contributed by atoms with Crippen LogP contribution in [0, 0.1) is 17.3 Å². The molecule has 2 saturated carbocycles. The molecule has 3 fully saturated rings. The summed E-state index contributed by atoms with van der Waals surface area (Å²) in [7, 11) is 1.70. The Morgan fingerprint density at radius 1 is 1.09 bits per heavy atom. The van der Waals surface area contributed by atoms with E-state index in [0.717, 1.165) is 84.8 Å². The largest absolute Gasteiger partial charge is 0.496 e. The molecule has 53 heavy (non-hydrogen) atoms. The number of hydrogen-bond acceptors (Lipinski definition) is 7. The fourth-order valence-corrected chi connectivity index (χ4v) is 8.98. The number of fused-ring (bicyclic) bond motifs is 3. The lowest BCUT2D eigenvalue weighted by Gasteiger charge is -2.35. The maximum Gasteiger partial charge on any atom is 0.243 e. The lowest BCUT2D eigenvalue weighted by Crippen LogP contribution is -2.58. The van der Waals surface area contributed by atoms with Crippen LogP contribution in [0.4, 0.5) is 0 Å². The van der Waals surface area contributed by atoms with E-state index in [1.807, 2.05) is 42.5 Å². The zero-order chi connectivity index (χ0) is 37.3. The fourth-order valence-electron chi connectivity index (χ4n) is 8.98. The van der Waals surface area contributed by atoms with Gasteiger partial charge in [0.15, 0.2) is 0 Å². The Morgan fingerprint density at radius 3 is 2.57 bits per heavy atom. The van der Waals surface area contributed by atoms with Crippen molar-refractivity contribution in [1.82, 2.24) is 20.5 Å². The van der Waals surface area contributed by atoms with Crippen molar-refractivity contribution in [1.29, 1.82) is 0 Å². The number of methoxy groups -OCH3 is 1. The lowest BCUT2D eigenvalue weighted by molar-refractivity contribution is -0.142. The highest BCUT2D eigenvalue weighted by Gasteiger charge is 2.60. The Balaban J connectivity index is 1.30. The molecule has 2 aromatic carbocycles. The molecule has 2 aliphatic carbocycles. The van der Waals surface area contributed by atoms with Crippen LogP contribution in [0.1, 0.15) is 83.6 Å². The molecule has 4 bridgehead atoms. The number of ether oxygens (including phenoxy) is 2. The molecule has 7 rings (SSSR count). The number of hydrogen-bond donors (Lipinski definition) is 3. The van der Waals surface area contributed by atoms with Crippen molar-refractivity contribution in [3.63, 3.8) is 0 Å². The molecule has 0 spiro atoms. The lowest BCUT2D eigenvalue weighted by atomic mass is 9.81. The number of carbonyl (C=O) groups excluding carboxylic acids is 3. The van der Waals surface area contributed by atoms with Crippen LogP contribution >= 0.6 is 0 Å². The zero-order valence-electron chi connectivity index (χ0n) is 31.5. The number of primary amides is 1. The highest BCUT2D eigenvalue weighted by molar-refractivity contribution is 5.97. The van der Waals surface area contributed by atoms with Crippen LogP contribution in [-0.2, 0) is 20.8 Å². The smallest absolute Gasteiger partial charge is 0.243 e. The maximum atomic E-state index is 14.9. The highest BCUT2D eigenvalue weighted by atomic mass is 16.5. The number of rotatable bonds is 7. The summed E-state index contributed by atoms with van der Waals surface area (Å²) in [5.41, 5.74) is 8.23. The van der Waals surface area contributed by atoms with Crippen LogP contribution in [0.25, 0.3) is 22.2 Å². The number of carbonyl (C=O) groups is 3. The predicted molar refractivity (Wildman–Crippen MR) is 206 cm³/mol. The summed E-state index contributed by atoms with van der Waals surface area (Å²) in [6.07, 6.45) is 10.9. The van der Waals surface area contributed by atoms with E-state index in [-0.39, 0.29) is 42.0 Å². The van der Waals surface area contributed by atoms with Gasteiger partial charge in [-0.15, -0.1) is 6.58 Å². The topological polar surface area (TPSA) is 136 Å². The molecular weight excluding hydrogens is 667 g/mol. The maximum absolute atomic E-state index is 14.9. The van der Waals surface area contributed by atoms with Gasteiger partial charge in [0.25, 0.3) is 0 Å². The first-order valence-electron chi connectivity index (χ1n) is 19.5. The standard InChI is InChI=1S/C43H55N5O5/c1-5-30-25-43(30,41(44)51)47-39(49)35-22-31-26-48(35)40(50)38(28-15-10-7-11-16-28)45-20-19-42(2,3)18-12-17-29-21-32-34(24-36(29)52-4)46-33(23-37(32)53-31)27-13-8-6-9-14-27/h5-6,8-9,13-14,21,23-24,28,30-31,35,38,45H,1,7,10-12,15-20,22,25-26H2,2-4H3,(H2,44,51)(H,47,49)/t30-,31?,35+,38+,43-/m1/s1. The Kier molecular flexibility index (Phi) is 10.5. The second-order valence-electron chi connectivity index (χ2n) is 16.5. The van der Waals surface area contributed by atoms with Crippen molar-refractivity contribution in [2.45, 2.75) is 108 Å². The molecule has 2 aliphatic heterocycles. The summed E-state index contributed by atoms with van der Waals surface area (Å²) >= 11 is 0. The monoisotopic (exact) mass is 721 g/mol.